The SMILES string of the molecule is C=CCOCN1CCN(c2ncnc3cc(-c4cccnc4)c(Cl)cc23)CC1. The molecule has 0 spiro atoms. The van der Waals surface area contributed by atoms with Crippen LogP contribution in [0.15, 0.2) is 55.6 Å². The van der Waals surface area contributed by atoms with Crippen LogP contribution in [0.4, 0.5) is 5.82 Å². The quantitative estimate of drug-likeness (QED) is 0.469. The molecule has 0 amide bonds. The Balaban J connectivity index is 1.57. The Morgan fingerprint density at radius 3 is 2.79 bits per heavy atom. The third kappa shape index (κ3) is 3.99. The lowest BCUT2D eigenvalue weighted by atomic mass is 10.1. The average molecular weight is 396 g/mol. The van der Waals surface area contributed by atoms with Crippen LogP contribution < -0.4 is 4.90 Å². The van der Waals surface area contributed by atoms with E-state index in [-0.39, 0.29) is 0 Å². The van der Waals surface area contributed by atoms with Gasteiger partial charge >= 0.3 is 0 Å². The first kappa shape index (κ1) is 18.8. The number of fused-ring (bicyclic) bond motifs is 1. The molecule has 1 aliphatic rings. The zero-order valence-electron chi connectivity index (χ0n) is 15.6. The van der Waals surface area contributed by atoms with Crippen LogP contribution in [0.25, 0.3) is 22.0 Å². The number of halogens is 1. The molecule has 1 aliphatic heterocycles. The molecule has 0 bridgehead atoms. The van der Waals surface area contributed by atoms with Crippen molar-refractivity contribution in [1.29, 1.82) is 0 Å². The van der Waals surface area contributed by atoms with Crippen molar-refractivity contribution in [2.75, 3.05) is 44.4 Å². The van der Waals surface area contributed by atoms with Gasteiger partial charge in [-0.25, -0.2) is 9.97 Å². The molecular formula is C21H22ClN5O. The first-order valence-corrected chi connectivity index (χ1v) is 9.64. The highest BCUT2D eigenvalue weighted by Crippen LogP contribution is 2.34. The van der Waals surface area contributed by atoms with Crippen LogP contribution in [-0.4, -0.2) is 59.4 Å². The lowest BCUT2D eigenvalue weighted by Gasteiger charge is -2.35. The summed E-state index contributed by atoms with van der Waals surface area (Å²) < 4.78 is 5.55. The third-order valence-corrected chi connectivity index (χ3v) is 5.17. The van der Waals surface area contributed by atoms with E-state index in [0.29, 0.717) is 18.4 Å². The smallest absolute Gasteiger partial charge is 0.140 e. The lowest BCUT2D eigenvalue weighted by molar-refractivity contribution is 0.0405. The van der Waals surface area contributed by atoms with E-state index in [1.807, 2.05) is 30.5 Å². The Bertz CT molecular complexity index is 958. The second-order valence-corrected chi connectivity index (χ2v) is 7.09. The van der Waals surface area contributed by atoms with E-state index < -0.39 is 0 Å². The number of aromatic nitrogens is 3. The number of benzene rings is 1. The highest BCUT2D eigenvalue weighted by molar-refractivity contribution is 6.34. The summed E-state index contributed by atoms with van der Waals surface area (Å²) in [5.41, 5.74) is 2.78. The minimum Gasteiger partial charge on any atom is -0.362 e. The Labute approximate surface area is 169 Å². The van der Waals surface area contributed by atoms with Crippen molar-refractivity contribution in [3.63, 3.8) is 0 Å². The van der Waals surface area contributed by atoms with Crippen molar-refractivity contribution in [3.8, 4) is 11.1 Å². The van der Waals surface area contributed by atoms with Gasteiger partial charge < -0.3 is 9.64 Å². The minimum absolute atomic E-state index is 0.578. The summed E-state index contributed by atoms with van der Waals surface area (Å²) in [6, 6.07) is 7.88. The normalized spacial score (nSPS) is 15.1. The molecule has 4 rings (SSSR count). The summed E-state index contributed by atoms with van der Waals surface area (Å²) in [7, 11) is 0. The van der Waals surface area contributed by atoms with Gasteiger partial charge in [-0.05, 0) is 18.2 Å². The van der Waals surface area contributed by atoms with Gasteiger partial charge in [-0.2, -0.15) is 0 Å². The highest BCUT2D eigenvalue weighted by Gasteiger charge is 2.20. The first-order valence-electron chi connectivity index (χ1n) is 9.27. The number of hydrogen-bond acceptors (Lipinski definition) is 6. The van der Waals surface area contributed by atoms with Crippen LogP contribution in [0.2, 0.25) is 5.02 Å². The van der Waals surface area contributed by atoms with Crippen LogP contribution in [0.3, 0.4) is 0 Å². The molecule has 6 nitrogen and oxygen atoms in total. The first-order chi connectivity index (χ1) is 13.8. The molecule has 2 aromatic heterocycles. The van der Waals surface area contributed by atoms with E-state index in [1.165, 1.54) is 0 Å². The molecule has 0 N–H and O–H groups in total. The summed E-state index contributed by atoms with van der Waals surface area (Å²) >= 11 is 6.61. The van der Waals surface area contributed by atoms with Gasteiger partial charge in [0.05, 0.1) is 18.9 Å². The molecule has 3 aromatic rings. The van der Waals surface area contributed by atoms with Gasteiger partial charge in [-0.15, -0.1) is 6.58 Å². The van der Waals surface area contributed by atoms with Crippen LogP contribution in [-0.2, 0) is 4.74 Å². The topological polar surface area (TPSA) is 54.4 Å². The molecule has 1 saturated heterocycles. The van der Waals surface area contributed by atoms with Gasteiger partial charge in [-0.3, -0.25) is 9.88 Å². The van der Waals surface area contributed by atoms with Gasteiger partial charge in [0.2, 0.25) is 0 Å². The van der Waals surface area contributed by atoms with E-state index in [2.05, 4.69) is 31.3 Å². The Kier molecular flexibility index (Phi) is 5.81. The van der Waals surface area contributed by atoms with E-state index in [0.717, 1.165) is 54.0 Å². The molecule has 3 heterocycles. The van der Waals surface area contributed by atoms with Crippen molar-refractivity contribution >= 4 is 28.3 Å². The molecule has 1 fully saturated rings. The van der Waals surface area contributed by atoms with Gasteiger partial charge in [0.15, 0.2) is 0 Å². The summed E-state index contributed by atoms with van der Waals surface area (Å²) in [6.07, 6.45) is 6.95. The number of rotatable bonds is 6. The van der Waals surface area contributed by atoms with Crippen molar-refractivity contribution in [3.05, 3.63) is 60.7 Å². The van der Waals surface area contributed by atoms with Crippen molar-refractivity contribution in [1.82, 2.24) is 19.9 Å². The summed E-state index contributed by atoms with van der Waals surface area (Å²) in [4.78, 5) is 17.8. The van der Waals surface area contributed by atoms with E-state index in [4.69, 9.17) is 16.3 Å². The van der Waals surface area contributed by atoms with Gasteiger partial charge in [-0.1, -0.05) is 23.7 Å². The third-order valence-electron chi connectivity index (χ3n) is 4.86. The summed E-state index contributed by atoms with van der Waals surface area (Å²) in [6.45, 7) is 8.49. The zero-order chi connectivity index (χ0) is 19.3. The molecule has 28 heavy (non-hydrogen) atoms. The number of ether oxygens (including phenoxy) is 1. The second kappa shape index (κ2) is 8.65. The molecule has 7 heteroatoms. The Morgan fingerprint density at radius 1 is 1.18 bits per heavy atom. The molecule has 0 saturated carbocycles. The molecule has 1 aromatic carbocycles. The largest absolute Gasteiger partial charge is 0.362 e. The number of anilines is 1. The molecule has 0 aliphatic carbocycles. The maximum Gasteiger partial charge on any atom is 0.140 e. The summed E-state index contributed by atoms with van der Waals surface area (Å²) in [5.74, 6) is 0.927. The molecule has 144 valence electrons. The van der Waals surface area contributed by atoms with Crippen molar-refractivity contribution in [2.24, 2.45) is 0 Å². The van der Waals surface area contributed by atoms with Crippen molar-refractivity contribution < 1.29 is 4.74 Å². The maximum atomic E-state index is 6.61. The van der Waals surface area contributed by atoms with Crippen LogP contribution in [0, 0.1) is 0 Å². The number of nitrogens with zero attached hydrogens (tertiary/aromatic N) is 5. The molecule has 0 atom stereocenters. The molecule has 0 radical (unpaired) electrons. The monoisotopic (exact) mass is 395 g/mol. The van der Waals surface area contributed by atoms with Gasteiger partial charge in [0.25, 0.3) is 0 Å². The minimum atomic E-state index is 0.578. The highest BCUT2D eigenvalue weighted by atomic mass is 35.5. The van der Waals surface area contributed by atoms with Crippen LogP contribution in [0.5, 0.6) is 0 Å². The number of pyridine rings is 1. The number of piperazine rings is 1. The predicted molar refractivity (Wildman–Crippen MR) is 113 cm³/mol. The molecular weight excluding hydrogens is 374 g/mol. The number of hydrogen-bond donors (Lipinski definition) is 0. The van der Waals surface area contributed by atoms with Crippen LogP contribution in [0.1, 0.15) is 0 Å². The fourth-order valence-corrected chi connectivity index (χ4v) is 3.69. The van der Waals surface area contributed by atoms with Gasteiger partial charge in [0, 0.05) is 60.1 Å². The van der Waals surface area contributed by atoms with Crippen molar-refractivity contribution in [2.45, 2.75) is 0 Å². The average Bonchev–Trinajstić information content (AvgIpc) is 2.74. The van der Waals surface area contributed by atoms with Gasteiger partial charge in [0.1, 0.15) is 12.1 Å². The van der Waals surface area contributed by atoms with E-state index >= 15 is 0 Å². The Hall–Kier alpha value is -2.54. The maximum absolute atomic E-state index is 6.61. The zero-order valence-corrected chi connectivity index (χ0v) is 16.3. The van der Waals surface area contributed by atoms with E-state index in [1.54, 1.807) is 18.6 Å². The van der Waals surface area contributed by atoms with E-state index in [9.17, 15) is 0 Å². The predicted octanol–water partition coefficient (Wildman–Crippen LogP) is 3.63. The second-order valence-electron chi connectivity index (χ2n) is 6.68. The summed E-state index contributed by atoms with van der Waals surface area (Å²) in [5, 5.41) is 1.64. The fraction of sp³-hybridized carbons (Fsp3) is 0.286. The standard InChI is InChI=1S/C21H22ClN5O/c1-2-10-28-15-26-6-8-27(9-7-26)21-18-11-19(22)17(12-20(18)24-14-25-21)16-4-3-5-23-13-16/h2-5,11-14H,1,6-10,15H2. The fourth-order valence-electron chi connectivity index (χ4n) is 3.41. The lowest BCUT2D eigenvalue weighted by Crippen LogP contribution is -2.47. The van der Waals surface area contributed by atoms with Crippen LogP contribution >= 0.6 is 11.6 Å². The Morgan fingerprint density at radius 2 is 2.04 bits per heavy atom. The molecule has 0 unspecified atom stereocenters.